The maximum Gasteiger partial charge on any atom is 0.414 e. The zero-order valence-electron chi connectivity index (χ0n) is 26.9. The molecule has 0 spiro atoms. The second-order valence-corrected chi connectivity index (χ2v) is 11.1. The highest BCUT2D eigenvalue weighted by molar-refractivity contribution is 5.92. The second-order valence-electron chi connectivity index (χ2n) is 11.1. The van der Waals surface area contributed by atoms with Gasteiger partial charge in [0.15, 0.2) is 11.5 Å². The van der Waals surface area contributed by atoms with E-state index in [-0.39, 0.29) is 12.3 Å². The maximum atomic E-state index is 12.7. The van der Waals surface area contributed by atoms with Crippen molar-refractivity contribution in [3.63, 3.8) is 0 Å². The number of carbonyl (C=O) groups is 2. The van der Waals surface area contributed by atoms with Crippen LogP contribution in [0, 0.1) is 0 Å². The lowest BCUT2D eigenvalue weighted by Gasteiger charge is -2.24. The molecule has 2 aromatic carbocycles. The highest BCUT2D eigenvalue weighted by Gasteiger charge is 2.21. The van der Waals surface area contributed by atoms with Crippen LogP contribution in [-0.2, 0) is 25.4 Å². The summed E-state index contributed by atoms with van der Waals surface area (Å²) in [5.74, 6) is 1.99. The van der Waals surface area contributed by atoms with Gasteiger partial charge in [0, 0.05) is 27.3 Å². The van der Waals surface area contributed by atoms with Crippen molar-refractivity contribution in [2.75, 3.05) is 57.9 Å². The van der Waals surface area contributed by atoms with E-state index in [0.717, 1.165) is 5.56 Å². The average Bonchev–Trinajstić information content (AvgIpc) is 3.02. The third-order valence-corrected chi connectivity index (χ3v) is 6.33. The first-order valence-electron chi connectivity index (χ1n) is 14.6. The van der Waals surface area contributed by atoms with E-state index in [0.29, 0.717) is 72.0 Å². The van der Waals surface area contributed by atoms with Gasteiger partial charge in [-0.1, -0.05) is 12.1 Å². The summed E-state index contributed by atoms with van der Waals surface area (Å²) in [5.41, 5.74) is 1.30. The number of benzene rings is 2. The number of carbonyl (C=O) groups excluding carboxylic acids is 2. The molecule has 0 aliphatic rings. The standard InChI is InChI=1S/C33H39N5O8/c1-33(2,3)46-32(40)38(4)23-9-12-29(34-20-23)37-30(39)17-22-7-10-24(11-8-22)45-31-25-18-27(43-15-13-41-5)28(44-16-14-42-6)19-26(25)35-21-36-31/h7-12,18-21H,13-17H2,1-6H3,(H,34,37,39). The normalized spacial score (nSPS) is 11.2. The Hall–Kier alpha value is -5.01. The maximum absolute atomic E-state index is 12.7. The van der Waals surface area contributed by atoms with Gasteiger partial charge >= 0.3 is 6.09 Å². The van der Waals surface area contributed by atoms with E-state index in [4.69, 9.17) is 28.4 Å². The van der Waals surface area contributed by atoms with Crippen molar-refractivity contribution in [1.29, 1.82) is 0 Å². The lowest BCUT2D eigenvalue weighted by Crippen LogP contribution is -2.34. The third kappa shape index (κ3) is 9.74. The Labute approximate surface area is 267 Å². The van der Waals surface area contributed by atoms with Crippen molar-refractivity contribution >= 4 is 34.4 Å². The molecule has 13 nitrogen and oxygen atoms in total. The summed E-state index contributed by atoms with van der Waals surface area (Å²) < 4.78 is 33.4. The van der Waals surface area contributed by atoms with E-state index in [1.165, 1.54) is 17.4 Å². The summed E-state index contributed by atoms with van der Waals surface area (Å²) >= 11 is 0. The van der Waals surface area contributed by atoms with Crippen LogP contribution in [0.5, 0.6) is 23.1 Å². The molecule has 4 aromatic rings. The quantitative estimate of drug-likeness (QED) is 0.178. The molecule has 244 valence electrons. The van der Waals surface area contributed by atoms with Crippen molar-refractivity contribution in [2.45, 2.75) is 32.8 Å². The van der Waals surface area contributed by atoms with Crippen LogP contribution in [0.2, 0.25) is 0 Å². The predicted molar refractivity (Wildman–Crippen MR) is 172 cm³/mol. The Morgan fingerprint density at radius 1 is 0.848 bits per heavy atom. The smallest absolute Gasteiger partial charge is 0.414 e. The number of rotatable bonds is 14. The molecule has 2 aromatic heterocycles. The predicted octanol–water partition coefficient (Wildman–Crippen LogP) is 5.42. The molecule has 0 saturated carbocycles. The highest BCUT2D eigenvalue weighted by Crippen LogP contribution is 2.36. The van der Waals surface area contributed by atoms with Gasteiger partial charge in [0.2, 0.25) is 11.8 Å². The number of methoxy groups -OCH3 is 2. The van der Waals surface area contributed by atoms with E-state index in [9.17, 15) is 9.59 Å². The molecule has 0 fully saturated rings. The van der Waals surface area contributed by atoms with Crippen LogP contribution in [0.15, 0.2) is 61.1 Å². The summed E-state index contributed by atoms with van der Waals surface area (Å²) in [7, 11) is 4.80. The second kappa shape index (κ2) is 15.8. The molecule has 0 aliphatic carbocycles. The number of pyridine rings is 1. The first-order valence-corrected chi connectivity index (χ1v) is 14.6. The topological polar surface area (TPSA) is 143 Å². The van der Waals surface area contributed by atoms with Crippen molar-refractivity contribution in [1.82, 2.24) is 15.0 Å². The molecule has 0 radical (unpaired) electrons. The summed E-state index contributed by atoms with van der Waals surface area (Å²) in [5, 5.41) is 3.41. The van der Waals surface area contributed by atoms with E-state index < -0.39 is 11.7 Å². The number of hydrogen-bond donors (Lipinski definition) is 1. The van der Waals surface area contributed by atoms with Gasteiger partial charge in [-0.25, -0.2) is 19.7 Å². The van der Waals surface area contributed by atoms with Gasteiger partial charge in [-0.3, -0.25) is 9.69 Å². The summed E-state index contributed by atoms with van der Waals surface area (Å²) in [6.45, 7) is 6.89. The molecular weight excluding hydrogens is 594 g/mol. The van der Waals surface area contributed by atoms with Crippen molar-refractivity contribution in [3.8, 4) is 23.1 Å². The minimum Gasteiger partial charge on any atom is -0.487 e. The Bertz CT molecular complexity index is 1610. The van der Waals surface area contributed by atoms with Crippen LogP contribution >= 0.6 is 0 Å². The van der Waals surface area contributed by atoms with Gasteiger partial charge in [-0.05, 0) is 56.7 Å². The number of anilines is 2. The van der Waals surface area contributed by atoms with Crippen molar-refractivity contribution < 1.29 is 38.0 Å². The van der Waals surface area contributed by atoms with Crippen LogP contribution in [0.4, 0.5) is 16.3 Å². The third-order valence-electron chi connectivity index (χ3n) is 6.33. The molecular formula is C33H39N5O8. The van der Waals surface area contributed by atoms with Gasteiger partial charge in [0.25, 0.3) is 0 Å². The summed E-state index contributed by atoms with van der Waals surface area (Å²) in [6, 6.07) is 14.0. The van der Waals surface area contributed by atoms with Crippen LogP contribution in [-0.4, -0.2) is 80.2 Å². The van der Waals surface area contributed by atoms with Crippen LogP contribution in [0.25, 0.3) is 10.9 Å². The molecule has 2 heterocycles. The van der Waals surface area contributed by atoms with Gasteiger partial charge in [-0.15, -0.1) is 0 Å². The first kappa shape index (κ1) is 33.9. The van der Waals surface area contributed by atoms with Gasteiger partial charge in [-0.2, -0.15) is 0 Å². The Morgan fingerprint density at radius 3 is 2.13 bits per heavy atom. The lowest BCUT2D eigenvalue weighted by atomic mass is 10.1. The molecule has 0 aliphatic heterocycles. The number of fused-ring (bicyclic) bond motifs is 1. The number of nitrogens with one attached hydrogen (secondary N) is 1. The van der Waals surface area contributed by atoms with Crippen LogP contribution in [0.3, 0.4) is 0 Å². The fourth-order valence-electron chi connectivity index (χ4n) is 4.07. The van der Waals surface area contributed by atoms with Gasteiger partial charge < -0.3 is 33.7 Å². The fourth-order valence-corrected chi connectivity index (χ4v) is 4.07. The first-order chi connectivity index (χ1) is 22.1. The Kier molecular flexibility index (Phi) is 11.7. The average molecular weight is 634 g/mol. The monoisotopic (exact) mass is 633 g/mol. The number of ether oxygens (including phenoxy) is 6. The lowest BCUT2D eigenvalue weighted by molar-refractivity contribution is -0.115. The van der Waals surface area contributed by atoms with Gasteiger partial charge in [0.05, 0.1) is 42.4 Å². The zero-order chi connectivity index (χ0) is 33.1. The van der Waals surface area contributed by atoms with E-state index in [1.54, 1.807) is 90.6 Å². The Balaban J connectivity index is 1.39. The minimum absolute atomic E-state index is 0.117. The molecule has 1 N–H and O–H groups in total. The largest absolute Gasteiger partial charge is 0.487 e. The SMILES string of the molecule is COCCOc1cc2ncnc(Oc3ccc(CC(=O)Nc4ccc(N(C)C(=O)OC(C)(C)C)cn4)cc3)c2cc1OCCOC. The summed E-state index contributed by atoms with van der Waals surface area (Å²) in [4.78, 5) is 39.3. The molecule has 13 heteroatoms. The molecule has 46 heavy (non-hydrogen) atoms. The molecule has 0 atom stereocenters. The number of aromatic nitrogens is 3. The zero-order valence-corrected chi connectivity index (χ0v) is 26.9. The molecule has 0 unspecified atom stereocenters. The molecule has 0 bridgehead atoms. The van der Waals surface area contributed by atoms with Crippen molar-refractivity contribution in [3.05, 3.63) is 66.6 Å². The molecule has 0 saturated heterocycles. The van der Waals surface area contributed by atoms with E-state index in [2.05, 4.69) is 20.3 Å². The number of hydrogen-bond acceptors (Lipinski definition) is 11. The number of amides is 2. The van der Waals surface area contributed by atoms with E-state index >= 15 is 0 Å². The van der Waals surface area contributed by atoms with Crippen molar-refractivity contribution in [2.24, 2.45) is 0 Å². The van der Waals surface area contributed by atoms with E-state index in [1.807, 2.05) is 0 Å². The summed E-state index contributed by atoms with van der Waals surface area (Å²) in [6.07, 6.45) is 2.52. The fraction of sp³-hybridized carbons (Fsp3) is 0.364. The minimum atomic E-state index is -0.616. The van der Waals surface area contributed by atoms with Gasteiger partial charge in [0.1, 0.15) is 36.7 Å². The molecule has 4 rings (SSSR count). The van der Waals surface area contributed by atoms with Crippen LogP contribution in [0.1, 0.15) is 26.3 Å². The number of nitrogens with zero attached hydrogens (tertiary/aromatic N) is 4. The highest BCUT2D eigenvalue weighted by atomic mass is 16.6. The molecule has 2 amide bonds. The van der Waals surface area contributed by atoms with Crippen LogP contribution < -0.4 is 24.4 Å². The Morgan fingerprint density at radius 2 is 1.52 bits per heavy atom.